The predicted octanol–water partition coefficient (Wildman–Crippen LogP) is 6.89. The molecule has 0 aromatic heterocycles. The van der Waals surface area contributed by atoms with Crippen LogP contribution in [0.1, 0.15) is 11.1 Å². The van der Waals surface area contributed by atoms with Gasteiger partial charge in [0.2, 0.25) is 0 Å². The van der Waals surface area contributed by atoms with Crippen LogP contribution >= 0.6 is 34.8 Å². The summed E-state index contributed by atoms with van der Waals surface area (Å²) in [5.74, 6) is 0.727. The summed E-state index contributed by atoms with van der Waals surface area (Å²) in [6.45, 7) is 0.622. The van der Waals surface area contributed by atoms with Gasteiger partial charge in [0.1, 0.15) is 18.5 Å². The van der Waals surface area contributed by atoms with E-state index in [9.17, 15) is 4.79 Å². The van der Waals surface area contributed by atoms with Gasteiger partial charge in [-0.25, -0.2) is 4.79 Å². The van der Waals surface area contributed by atoms with Crippen molar-refractivity contribution in [3.05, 3.63) is 86.9 Å². The van der Waals surface area contributed by atoms with Gasteiger partial charge in [-0.05, 0) is 23.3 Å². The van der Waals surface area contributed by atoms with Crippen LogP contribution in [0.15, 0.2) is 60.7 Å². The van der Waals surface area contributed by atoms with E-state index in [0.29, 0.717) is 33.6 Å². The van der Waals surface area contributed by atoms with Crippen molar-refractivity contribution in [2.45, 2.75) is 19.1 Å². The van der Waals surface area contributed by atoms with Gasteiger partial charge in [-0.3, -0.25) is 0 Å². The van der Waals surface area contributed by atoms with Crippen molar-refractivity contribution in [3.8, 4) is 16.9 Å². The van der Waals surface area contributed by atoms with E-state index >= 15 is 0 Å². The molecule has 4 nitrogen and oxygen atoms in total. The van der Waals surface area contributed by atoms with Crippen LogP contribution in [-0.2, 0) is 17.8 Å². The monoisotopic (exact) mass is 475 g/mol. The Hall–Kier alpha value is -2.40. The SMILES string of the molecule is CN(CC1Cc2cccc(-c3c(Cl)cc(Cl)cc3Cl)c2O1)C(=O)OCc1ccccc1. The Balaban J connectivity index is 1.44. The number of carbonyl (C=O) groups excluding carboxylic acids is 1. The third kappa shape index (κ3) is 4.93. The fourth-order valence-corrected chi connectivity index (χ4v) is 4.67. The molecule has 7 heteroatoms. The van der Waals surface area contributed by atoms with E-state index in [1.54, 1.807) is 19.2 Å². The standard InChI is InChI=1S/C24H20Cl3NO3/c1-28(24(29)30-14-15-6-3-2-4-7-15)13-18-10-16-8-5-9-19(23(16)31-18)22-20(26)11-17(25)12-21(22)27/h2-9,11-12,18H,10,13-14H2,1H3. The molecular formula is C24H20Cl3NO3. The molecule has 4 rings (SSSR count). The van der Waals surface area contributed by atoms with E-state index in [2.05, 4.69) is 0 Å². The maximum Gasteiger partial charge on any atom is 0.409 e. The van der Waals surface area contributed by atoms with Gasteiger partial charge in [-0.1, -0.05) is 83.3 Å². The molecule has 1 heterocycles. The van der Waals surface area contributed by atoms with Crippen LogP contribution in [0.2, 0.25) is 15.1 Å². The summed E-state index contributed by atoms with van der Waals surface area (Å²) in [5.41, 5.74) is 3.47. The van der Waals surface area contributed by atoms with E-state index in [0.717, 1.165) is 22.4 Å². The fourth-order valence-electron chi connectivity index (χ4n) is 3.65. The van der Waals surface area contributed by atoms with Crippen LogP contribution in [-0.4, -0.2) is 30.7 Å². The molecule has 1 aliphatic heterocycles. The number of nitrogens with zero attached hydrogens (tertiary/aromatic N) is 1. The van der Waals surface area contributed by atoms with Crippen LogP contribution < -0.4 is 4.74 Å². The molecule has 1 aliphatic rings. The summed E-state index contributed by atoms with van der Waals surface area (Å²) in [6, 6.07) is 18.8. The molecule has 160 valence electrons. The molecule has 0 spiro atoms. The molecule has 31 heavy (non-hydrogen) atoms. The topological polar surface area (TPSA) is 38.8 Å². The first-order valence-corrected chi connectivity index (χ1v) is 10.9. The Morgan fingerprint density at radius 3 is 2.48 bits per heavy atom. The Bertz CT molecular complexity index is 1080. The molecular weight excluding hydrogens is 457 g/mol. The molecule has 0 saturated carbocycles. The summed E-state index contributed by atoms with van der Waals surface area (Å²) in [4.78, 5) is 13.9. The highest BCUT2D eigenvalue weighted by molar-refractivity contribution is 6.42. The number of likely N-dealkylation sites (N-methyl/N-ethyl adjacent to an activating group) is 1. The molecule has 0 radical (unpaired) electrons. The number of fused-ring (bicyclic) bond motifs is 1. The van der Waals surface area contributed by atoms with Gasteiger partial charge >= 0.3 is 6.09 Å². The number of hydrogen-bond donors (Lipinski definition) is 0. The Morgan fingerprint density at radius 1 is 1.06 bits per heavy atom. The van der Waals surface area contributed by atoms with Crippen LogP contribution in [0.3, 0.4) is 0 Å². The maximum absolute atomic E-state index is 12.4. The summed E-state index contributed by atoms with van der Waals surface area (Å²) < 4.78 is 11.6. The lowest BCUT2D eigenvalue weighted by molar-refractivity contribution is 0.0895. The van der Waals surface area contributed by atoms with Crippen LogP contribution in [0.25, 0.3) is 11.1 Å². The zero-order valence-electron chi connectivity index (χ0n) is 16.8. The van der Waals surface area contributed by atoms with E-state index in [-0.39, 0.29) is 12.7 Å². The van der Waals surface area contributed by atoms with E-state index in [4.69, 9.17) is 44.3 Å². The third-order valence-corrected chi connectivity index (χ3v) is 5.91. The number of para-hydroxylation sites is 1. The number of benzene rings is 3. The van der Waals surface area contributed by atoms with E-state index in [1.807, 2.05) is 48.5 Å². The Labute approximate surface area is 196 Å². The molecule has 1 amide bonds. The smallest absolute Gasteiger partial charge is 0.409 e. The number of carbonyl (C=O) groups is 1. The first-order chi connectivity index (χ1) is 14.9. The molecule has 3 aromatic rings. The normalized spacial score (nSPS) is 14.6. The minimum absolute atomic E-state index is 0.199. The lowest BCUT2D eigenvalue weighted by Crippen LogP contribution is -2.36. The van der Waals surface area contributed by atoms with E-state index in [1.165, 1.54) is 4.90 Å². The quantitative estimate of drug-likeness (QED) is 0.402. The molecule has 3 aromatic carbocycles. The van der Waals surface area contributed by atoms with Gasteiger partial charge in [0.05, 0.1) is 16.6 Å². The first kappa shape index (κ1) is 21.8. The van der Waals surface area contributed by atoms with Gasteiger partial charge in [0.25, 0.3) is 0 Å². The maximum atomic E-state index is 12.4. The number of ether oxygens (including phenoxy) is 2. The number of halogens is 3. The second kappa shape index (κ2) is 9.39. The van der Waals surface area contributed by atoms with Gasteiger partial charge in [0, 0.05) is 29.6 Å². The van der Waals surface area contributed by atoms with Gasteiger partial charge in [0.15, 0.2) is 0 Å². The second-order valence-corrected chi connectivity index (χ2v) is 8.65. The molecule has 0 bridgehead atoms. The molecule has 0 N–H and O–H groups in total. The van der Waals surface area contributed by atoms with Gasteiger partial charge < -0.3 is 14.4 Å². The molecule has 0 fully saturated rings. The van der Waals surface area contributed by atoms with Crippen molar-refractivity contribution in [2.24, 2.45) is 0 Å². The average molecular weight is 477 g/mol. The summed E-state index contributed by atoms with van der Waals surface area (Å²) in [7, 11) is 1.70. The average Bonchev–Trinajstić information content (AvgIpc) is 3.15. The number of amides is 1. The van der Waals surface area contributed by atoms with Crippen LogP contribution in [0, 0.1) is 0 Å². The number of hydrogen-bond acceptors (Lipinski definition) is 3. The largest absolute Gasteiger partial charge is 0.487 e. The molecule has 1 unspecified atom stereocenters. The Morgan fingerprint density at radius 2 is 1.77 bits per heavy atom. The summed E-state index contributed by atoms with van der Waals surface area (Å²) in [6.07, 6.45) is 0.0742. The van der Waals surface area contributed by atoms with Crippen molar-refractivity contribution < 1.29 is 14.3 Å². The Kier molecular flexibility index (Phi) is 6.61. The zero-order valence-corrected chi connectivity index (χ0v) is 19.0. The zero-order chi connectivity index (χ0) is 22.0. The van der Waals surface area contributed by atoms with Crippen molar-refractivity contribution >= 4 is 40.9 Å². The summed E-state index contributed by atoms with van der Waals surface area (Å²) in [5, 5.41) is 1.39. The number of rotatable bonds is 5. The molecule has 0 aliphatic carbocycles. The summed E-state index contributed by atoms with van der Waals surface area (Å²) >= 11 is 18.9. The fraction of sp³-hybridized carbons (Fsp3) is 0.208. The minimum atomic E-state index is -0.396. The first-order valence-electron chi connectivity index (χ1n) is 9.77. The van der Waals surface area contributed by atoms with Crippen molar-refractivity contribution in [2.75, 3.05) is 13.6 Å². The highest BCUT2D eigenvalue weighted by Gasteiger charge is 2.29. The van der Waals surface area contributed by atoms with Gasteiger partial charge in [-0.15, -0.1) is 0 Å². The van der Waals surface area contributed by atoms with Crippen molar-refractivity contribution in [3.63, 3.8) is 0 Å². The van der Waals surface area contributed by atoms with Crippen molar-refractivity contribution in [1.82, 2.24) is 4.90 Å². The van der Waals surface area contributed by atoms with Crippen LogP contribution in [0.5, 0.6) is 5.75 Å². The minimum Gasteiger partial charge on any atom is -0.487 e. The van der Waals surface area contributed by atoms with Crippen molar-refractivity contribution in [1.29, 1.82) is 0 Å². The van der Waals surface area contributed by atoms with Gasteiger partial charge in [-0.2, -0.15) is 0 Å². The van der Waals surface area contributed by atoms with Crippen LogP contribution in [0.4, 0.5) is 4.79 Å². The van der Waals surface area contributed by atoms with E-state index < -0.39 is 6.09 Å². The molecule has 1 atom stereocenters. The highest BCUT2D eigenvalue weighted by Crippen LogP contribution is 2.45. The second-order valence-electron chi connectivity index (χ2n) is 7.40. The third-order valence-electron chi connectivity index (χ3n) is 5.10. The highest BCUT2D eigenvalue weighted by atomic mass is 35.5. The lowest BCUT2D eigenvalue weighted by atomic mass is 10.0. The lowest BCUT2D eigenvalue weighted by Gasteiger charge is -2.21. The molecule has 0 saturated heterocycles. The predicted molar refractivity (Wildman–Crippen MR) is 124 cm³/mol.